The summed E-state index contributed by atoms with van der Waals surface area (Å²) in [5.74, 6) is 0.702. The van der Waals surface area contributed by atoms with Gasteiger partial charge in [-0.25, -0.2) is 0 Å². The molecule has 128 valence electrons. The highest BCUT2D eigenvalue weighted by Gasteiger charge is 2.48. The first kappa shape index (κ1) is 15.8. The van der Waals surface area contributed by atoms with Gasteiger partial charge in [0.1, 0.15) is 0 Å². The van der Waals surface area contributed by atoms with Gasteiger partial charge >= 0.3 is 0 Å². The molecule has 2 unspecified atom stereocenters. The summed E-state index contributed by atoms with van der Waals surface area (Å²) in [6.07, 6.45) is 12.4. The van der Waals surface area contributed by atoms with Gasteiger partial charge in [-0.1, -0.05) is 6.08 Å². The van der Waals surface area contributed by atoms with Crippen LogP contribution in [0.1, 0.15) is 37.1 Å². The molecule has 0 spiro atoms. The van der Waals surface area contributed by atoms with Crippen molar-refractivity contribution in [1.29, 1.82) is 0 Å². The van der Waals surface area contributed by atoms with E-state index >= 15 is 0 Å². The van der Waals surface area contributed by atoms with Gasteiger partial charge in [0.2, 0.25) is 0 Å². The molecule has 2 aliphatic rings. The summed E-state index contributed by atoms with van der Waals surface area (Å²) in [6.45, 7) is 0. The van der Waals surface area contributed by atoms with Crippen molar-refractivity contribution >= 4 is 5.57 Å². The maximum absolute atomic E-state index is 2.58. The van der Waals surface area contributed by atoms with Crippen LogP contribution in [0.3, 0.4) is 0 Å². The smallest absolute Gasteiger partial charge is 0.0896 e. The van der Waals surface area contributed by atoms with Gasteiger partial charge in [-0.3, -0.25) is 0 Å². The highest BCUT2D eigenvalue weighted by atomic mass is 15.4. The Balaban J connectivity index is 1.71. The third-order valence-electron chi connectivity index (χ3n) is 6.71. The van der Waals surface area contributed by atoms with E-state index in [9.17, 15) is 0 Å². The van der Waals surface area contributed by atoms with Crippen LogP contribution in [0.2, 0.25) is 0 Å². The van der Waals surface area contributed by atoms with E-state index in [0.717, 1.165) is 12.1 Å². The van der Waals surface area contributed by atoms with E-state index in [2.05, 4.69) is 80.1 Å². The van der Waals surface area contributed by atoms with Crippen LogP contribution < -0.4 is 0 Å². The van der Waals surface area contributed by atoms with Crippen LogP contribution in [0.15, 0.2) is 42.7 Å². The second-order valence-electron chi connectivity index (χ2n) is 8.33. The molecule has 0 radical (unpaired) electrons. The Hall–Kier alpha value is -1.74. The van der Waals surface area contributed by atoms with Gasteiger partial charge in [-0.15, -0.1) is 0 Å². The molecule has 2 aliphatic heterocycles. The molecule has 0 aliphatic carbocycles. The maximum Gasteiger partial charge on any atom is 0.0896 e. The minimum atomic E-state index is 0.702. The minimum absolute atomic E-state index is 0.702. The van der Waals surface area contributed by atoms with E-state index in [4.69, 9.17) is 0 Å². The lowest BCUT2D eigenvalue weighted by molar-refractivity contribution is -0.931. The molecule has 2 aromatic rings. The molecule has 4 heterocycles. The minimum Gasteiger partial charge on any atom is -0.351 e. The summed E-state index contributed by atoms with van der Waals surface area (Å²) in [6, 6.07) is 10.5. The Morgan fingerprint density at radius 1 is 0.958 bits per heavy atom. The molecule has 4 rings (SSSR count). The predicted molar refractivity (Wildman–Crippen MR) is 99.5 cm³/mol. The molecule has 3 nitrogen and oxygen atoms in total. The van der Waals surface area contributed by atoms with Crippen molar-refractivity contribution in [2.75, 3.05) is 14.1 Å². The number of hydrogen-bond donors (Lipinski definition) is 0. The number of aromatic nitrogens is 2. The highest BCUT2D eigenvalue weighted by molar-refractivity contribution is 5.77. The standard InChI is InChI=1S/C21H30N3/c1-22-11-5-7-20(22)19(21-8-6-12-23(21)2)15-16-13-17-9-10-18(14-16)24(17,3)4/h5-8,11-12,15-18H,9-10,13-14H2,1-4H3/q+1. The number of allylic oxidation sites excluding steroid dienone is 1. The second-order valence-corrected chi connectivity index (χ2v) is 8.33. The number of aryl methyl sites for hydroxylation is 2. The Morgan fingerprint density at radius 2 is 1.46 bits per heavy atom. The zero-order valence-electron chi connectivity index (χ0n) is 15.4. The molecule has 0 N–H and O–H groups in total. The van der Waals surface area contributed by atoms with Crippen molar-refractivity contribution in [3.05, 3.63) is 54.1 Å². The van der Waals surface area contributed by atoms with Crippen molar-refractivity contribution < 1.29 is 4.48 Å². The summed E-state index contributed by atoms with van der Waals surface area (Å²) in [7, 11) is 9.18. The lowest BCUT2D eigenvalue weighted by atomic mass is 9.87. The van der Waals surface area contributed by atoms with Crippen LogP contribution in [0.5, 0.6) is 0 Å². The molecule has 3 heteroatoms. The summed E-state index contributed by atoms with van der Waals surface area (Å²) < 4.78 is 5.74. The zero-order chi connectivity index (χ0) is 16.9. The van der Waals surface area contributed by atoms with E-state index in [1.807, 2.05) is 0 Å². The Kier molecular flexibility index (Phi) is 3.72. The van der Waals surface area contributed by atoms with Gasteiger partial charge in [-0.2, -0.15) is 0 Å². The van der Waals surface area contributed by atoms with Crippen LogP contribution in [-0.4, -0.2) is 39.8 Å². The third kappa shape index (κ3) is 2.46. The average Bonchev–Trinajstić information content (AvgIpc) is 3.15. The number of piperidine rings is 1. The van der Waals surface area contributed by atoms with E-state index in [1.54, 1.807) is 0 Å². The number of hydrogen-bond acceptors (Lipinski definition) is 0. The van der Waals surface area contributed by atoms with Gasteiger partial charge in [0.15, 0.2) is 0 Å². The first-order chi connectivity index (χ1) is 11.5. The molecule has 0 saturated carbocycles. The van der Waals surface area contributed by atoms with Gasteiger partial charge in [0.05, 0.1) is 26.2 Å². The number of quaternary nitrogens is 1. The summed E-state index contributed by atoms with van der Waals surface area (Å²) in [5.41, 5.74) is 4.04. The van der Waals surface area contributed by atoms with Crippen LogP contribution >= 0.6 is 0 Å². The Labute approximate surface area is 145 Å². The summed E-state index contributed by atoms with van der Waals surface area (Å²) >= 11 is 0. The van der Waals surface area contributed by atoms with Crippen LogP contribution in [0.25, 0.3) is 5.57 Å². The van der Waals surface area contributed by atoms with Crippen LogP contribution in [0, 0.1) is 5.92 Å². The van der Waals surface area contributed by atoms with Gasteiger partial charge < -0.3 is 13.6 Å². The van der Waals surface area contributed by atoms with Gasteiger partial charge in [0, 0.05) is 69.1 Å². The fourth-order valence-corrected chi connectivity index (χ4v) is 5.08. The van der Waals surface area contributed by atoms with Gasteiger partial charge in [-0.05, 0) is 30.2 Å². The normalized spacial score (nSPS) is 28.1. The van der Waals surface area contributed by atoms with Crippen LogP contribution in [-0.2, 0) is 14.1 Å². The zero-order valence-corrected chi connectivity index (χ0v) is 15.4. The molecule has 0 amide bonds. The first-order valence-corrected chi connectivity index (χ1v) is 9.25. The number of nitrogens with zero attached hydrogens (tertiary/aromatic N) is 3. The molecule has 2 saturated heterocycles. The number of rotatable bonds is 3. The average molecular weight is 324 g/mol. The fraction of sp³-hybridized carbons (Fsp3) is 0.524. The van der Waals surface area contributed by atoms with Crippen molar-refractivity contribution in [3.8, 4) is 0 Å². The lowest BCUT2D eigenvalue weighted by Gasteiger charge is -2.44. The van der Waals surface area contributed by atoms with Crippen molar-refractivity contribution in [2.24, 2.45) is 20.0 Å². The molecule has 0 aromatic carbocycles. The largest absolute Gasteiger partial charge is 0.351 e. The fourth-order valence-electron chi connectivity index (χ4n) is 5.08. The quantitative estimate of drug-likeness (QED) is 0.760. The van der Waals surface area contributed by atoms with Crippen molar-refractivity contribution in [3.63, 3.8) is 0 Å². The lowest BCUT2D eigenvalue weighted by Crippen LogP contribution is -2.54. The topological polar surface area (TPSA) is 9.86 Å². The van der Waals surface area contributed by atoms with E-state index in [1.165, 1.54) is 47.1 Å². The van der Waals surface area contributed by atoms with Gasteiger partial charge in [0.25, 0.3) is 0 Å². The van der Waals surface area contributed by atoms with E-state index < -0.39 is 0 Å². The molecule has 2 fully saturated rings. The number of fused-ring (bicyclic) bond motifs is 2. The molecular formula is C21H30N3+. The Morgan fingerprint density at radius 3 is 1.88 bits per heavy atom. The van der Waals surface area contributed by atoms with Crippen LogP contribution in [0.4, 0.5) is 0 Å². The summed E-state index contributed by atoms with van der Waals surface area (Å²) in [4.78, 5) is 0. The molecule has 2 bridgehead atoms. The first-order valence-electron chi connectivity index (χ1n) is 9.25. The Bertz CT molecular complexity index is 703. The van der Waals surface area contributed by atoms with E-state index in [-0.39, 0.29) is 0 Å². The molecule has 24 heavy (non-hydrogen) atoms. The third-order valence-corrected chi connectivity index (χ3v) is 6.71. The highest BCUT2D eigenvalue weighted by Crippen LogP contribution is 2.43. The second kappa shape index (κ2) is 5.66. The monoisotopic (exact) mass is 324 g/mol. The van der Waals surface area contributed by atoms with E-state index in [0.29, 0.717) is 5.92 Å². The predicted octanol–water partition coefficient (Wildman–Crippen LogP) is 3.81. The molecule has 2 atom stereocenters. The van der Waals surface area contributed by atoms with Crippen molar-refractivity contribution in [1.82, 2.24) is 9.13 Å². The maximum atomic E-state index is 2.58. The van der Waals surface area contributed by atoms with Crippen molar-refractivity contribution in [2.45, 2.75) is 37.8 Å². The molecular weight excluding hydrogens is 294 g/mol. The summed E-state index contributed by atoms with van der Waals surface area (Å²) in [5, 5.41) is 0. The molecule has 2 aromatic heterocycles. The SMILES string of the molecule is Cn1cccc1C(=CC1CC2CCC(C1)[N+]2(C)C)c1cccn1C.